The first-order valence-corrected chi connectivity index (χ1v) is 10.2. The van der Waals surface area contributed by atoms with Gasteiger partial charge in [-0.1, -0.05) is 39.8 Å². The van der Waals surface area contributed by atoms with Gasteiger partial charge in [0, 0.05) is 11.4 Å². The average molecular weight is 377 g/mol. The SMILES string of the molecule is CCC(=CC(=O)C=C(CC)c1ccc(N)cc1CC)c1ccc(N)cc1CC. The molecule has 0 aliphatic heterocycles. The van der Waals surface area contributed by atoms with E-state index in [1.165, 1.54) is 11.1 Å². The second-order valence-corrected chi connectivity index (χ2v) is 6.99. The van der Waals surface area contributed by atoms with Crippen LogP contribution in [0, 0.1) is 0 Å². The van der Waals surface area contributed by atoms with E-state index in [4.69, 9.17) is 11.5 Å². The number of allylic oxidation sites excluding steroid dienone is 4. The predicted molar refractivity (Wildman–Crippen MR) is 122 cm³/mol. The van der Waals surface area contributed by atoms with Crippen molar-refractivity contribution < 1.29 is 4.79 Å². The van der Waals surface area contributed by atoms with Gasteiger partial charge in [-0.25, -0.2) is 0 Å². The van der Waals surface area contributed by atoms with Crippen molar-refractivity contribution in [3.8, 4) is 0 Å². The second-order valence-electron chi connectivity index (χ2n) is 6.99. The van der Waals surface area contributed by atoms with Crippen molar-refractivity contribution >= 4 is 28.3 Å². The number of hydrogen-bond donors (Lipinski definition) is 2. The minimum Gasteiger partial charge on any atom is -0.399 e. The average Bonchev–Trinajstić information content (AvgIpc) is 2.70. The van der Waals surface area contributed by atoms with Crippen LogP contribution in [-0.4, -0.2) is 5.78 Å². The third-order valence-electron chi connectivity index (χ3n) is 5.11. The molecule has 0 radical (unpaired) electrons. The summed E-state index contributed by atoms with van der Waals surface area (Å²) in [6, 6.07) is 11.8. The Kier molecular flexibility index (Phi) is 7.62. The number of hydrogen-bond acceptors (Lipinski definition) is 3. The molecule has 0 fully saturated rings. The van der Waals surface area contributed by atoms with Crippen molar-refractivity contribution in [2.75, 3.05) is 11.5 Å². The molecular formula is C25H32N2O. The number of carbonyl (C=O) groups excluding carboxylic acids is 1. The molecule has 0 aliphatic carbocycles. The highest BCUT2D eigenvalue weighted by atomic mass is 16.1. The van der Waals surface area contributed by atoms with E-state index in [1.807, 2.05) is 36.4 Å². The topological polar surface area (TPSA) is 69.1 Å². The van der Waals surface area contributed by atoms with Crippen molar-refractivity contribution in [1.82, 2.24) is 0 Å². The third-order valence-corrected chi connectivity index (χ3v) is 5.11. The first-order chi connectivity index (χ1) is 13.4. The van der Waals surface area contributed by atoms with Crippen LogP contribution in [0.3, 0.4) is 0 Å². The summed E-state index contributed by atoms with van der Waals surface area (Å²) in [5.41, 5.74) is 20.0. The predicted octanol–water partition coefficient (Wildman–Crippen LogP) is 5.83. The lowest BCUT2D eigenvalue weighted by Crippen LogP contribution is -1.99. The van der Waals surface area contributed by atoms with Crippen LogP contribution in [0.1, 0.15) is 62.8 Å². The zero-order valence-corrected chi connectivity index (χ0v) is 17.5. The lowest BCUT2D eigenvalue weighted by Gasteiger charge is -2.13. The minimum absolute atomic E-state index is 0.0199. The monoisotopic (exact) mass is 376 g/mol. The number of carbonyl (C=O) groups is 1. The van der Waals surface area contributed by atoms with Gasteiger partial charge < -0.3 is 11.5 Å². The first kappa shape index (κ1) is 21.5. The first-order valence-electron chi connectivity index (χ1n) is 10.2. The molecule has 0 heterocycles. The van der Waals surface area contributed by atoms with Crippen molar-refractivity contribution in [2.45, 2.75) is 53.4 Å². The number of anilines is 2. The van der Waals surface area contributed by atoms with Crippen LogP contribution in [0.4, 0.5) is 11.4 Å². The van der Waals surface area contributed by atoms with Crippen molar-refractivity contribution in [1.29, 1.82) is 0 Å². The van der Waals surface area contributed by atoms with Crippen molar-refractivity contribution in [3.05, 3.63) is 70.8 Å². The minimum atomic E-state index is 0.0199. The number of aryl methyl sites for hydroxylation is 2. The van der Waals surface area contributed by atoms with Gasteiger partial charge in [0.05, 0.1) is 0 Å². The molecule has 0 bridgehead atoms. The van der Waals surface area contributed by atoms with Gasteiger partial charge in [-0.15, -0.1) is 0 Å². The van der Waals surface area contributed by atoms with Gasteiger partial charge in [-0.2, -0.15) is 0 Å². The van der Waals surface area contributed by atoms with Crippen LogP contribution in [0.15, 0.2) is 48.6 Å². The van der Waals surface area contributed by atoms with Crippen LogP contribution >= 0.6 is 0 Å². The van der Waals surface area contributed by atoms with Gasteiger partial charge >= 0.3 is 0 Å². The molecular weight excluding hydrogens is 344 g/mol. The third kappa shape index (κ3) is 5.13. The van der Waals surface area contributed by atoms with E-state index in [-0.39, 0.29) is 5.78 Å². The van der Waals surface area contributed by atoms with Crippen LogP contribution in [-0.2, 0) is 17.6 Å². The largest absolute Gasteiger partial charge is 0.399 e. The van der Waals surface area contributed by atoms with Crippen LogP contribution in [0.2, 0.25) is 0 Å². The molecule has 2 aromatic carbocycles. The maximum atomic E-state index is 12.9. The number of rotatable bonds is 8. The fourth-order valence-corrected chi connectivity index (χ4v) is 3.56. The van der Waals surface area contributed by atoms with E-state index < -0.39 is 0 Å². The summed E-state index contributed by atoms with van der Waals surface area (Å²) in [4.78, 5) is 12.9. The van der Waals surface area contributed by atoms with Crippen LogP contribution in [0.5, 0.6) is 0 Å². The van der Waals surface area contributed by atoms with Crippen molar-refractivity contribution in [2.24, 2.45) is 0 Å². The fraction of sp³-hybridized carbons (Fsp3) is 0.320. The summed E-state index contributed by atoms with van der Waals surface area (Å²) >= 11 is 0. The Morgan fingerprint density at radius 2 is 1.14 bits per heavy atom. The summed E-state index contributed by atoms with van der Waals surface area (Å²) in [5, 5.41) is 0. The summed E-state index contributed by atoms with van der Waals surface area (Å²) in [6.45, 7) is 8.37. The highest BCUT2D eigenvalue weighted by Gasteiger charge is 2.10. The van der Waals surface area contributed by atoms with E-state index in [0.717, 1.165) is 59.3 Å². The lowest BCUT2D eigenvalue weighted by atomic mass is 9.93. The maximum Gasteiger partial charge on any atom is 0.179 e. The molecule has 3 nitrogen and oxygen atoms in total. The maximum absolute atomic E-state index is 12.9. The summed E-state index contributed by atoms with van der Waals surface area (Å²) in [7, 11) is 0. The number of ketones is 1. The smallest absolute Gasteiger partial charge is 0.179 e. The molecule has 0 spiro atoms. The van der Waals surface area contributed by atoms with Crippen LogP contribution < -0.4 is 11.5 Å². The Labute approximate surface area is 169 Å². The number of nitrogen functional groups attached to an aromatic ring is 2. The Hall–Kier alpha value is -2.81. The summed E-state index contributed by atoms with van der Waals surface area (Å²) < 4.78 is 0. The van der Waals surface area contributed by atoms with E-state index in [2.05, 4.69) is 27.7 Å². The molecule has 0 saturated carbocycles. The highest BCUT2D eigenvalue weighted by Crippen LogP contribution is 2.27. The van der Waals surface area contributed by atoms with E-state index in [1.54, 1.807) is 12.2 Å². The molecule has 148 valence electrons. The van der Waals surface area contributed by atoms with E-state index in [0.29, 0.717) is 0 Å². The normalized spacial score (nSPS) is 12.3. The molecule has 0 unspecified atom stereocenters. The molecule has 2 rings (SSSR count). The van der Waals surface area contributed by atoms with Gasteiger partial charge in [-0.3, -0.25) is 4.79 Å². The number of nitrogens with two attached hydrogens (primary N) is 2. The molecule has 0 amide bonds. The van der Waals surface area contributed by atoms with Crippen LogP contribution in [0.25, 0.3) is 11.1 Å². The zero-order chi connectivity index (χ0) is 20.7. The van der Waals surface area contributed by atoms with Gasteiger partial charge in [0.1, 0.15) is 0 Å². The quantitative estimate of drug-likeness (QED) is 0.450. The van der Waals surface area contributed by atoms with Gasteiger partial charge in [0.15, 0.2) is 5.78 Å². The molecule has 4 N–H and O–H groups in total. The Morgan fingerprint density at radius 3 is 1.46 bits per heavy atom. The van der Waals surface area contributed by atoms with Crippen molar-refractivity contribution in [3.63, 3.8) is 0 Å². The summed E-state index contributed by atoms with van der Waals surface area (Å²) in [5.74, 6) is 0.0199. The standard InChI is InChI=1S/C25H32N2O/c1-5-17-13-21(26)9-11-24(17)19(7-3)15-23(28)16-20(8-4)25-12-10-22(27)14-18(25)6-2/h9-16H,5-8,26-27H2,1-4H3. The molecule has 3 heteroatoms. The summed E-state index contributed by atoms with van der Waals surface area (Å²) in [6.07, 6.45) is 6.88. The zero-order valence-electron chi connectivity index (χ0n) is 17.5. The van der Waals surface area contributed by atoms with Gasteiger partial charge in [0.25, 0.3) is 0 Å². The Bertz CT molecular complexity index is 833. The van der Waals surface area contributed by atoms with E-state index in [9.17, 15) is 4.79 Å². The molecule has 28 heavy (non-hydrogen) atoms. The molecule has 0 aromatic heterocycles. The lowest BCUT2D eigenvalue weighted by molar-refractivity contribution is -0.110. The highest BCUT2D eigenvalue weighted by molar-refractivity contribution is 6.08. The molecule has 2 aromatic rings. The fourth-order valence-electron chi connectivity index (χ4n) is 3.56. The Balaban J connectivity index is 2.43. The van der Waals surface area contributed by atoms with E-state index >= 15 is 0 Å². The second kappa shape index (κ2) is 9.93. The molecule has 0 saturated heterocycles. The van der Waals surface area contributed by atoms with Gasteiger partial charge in [0.2, 0.25) is 0 Å². The molecule has 0 aliphatic rings. The molecule has 0 atom stereocenters. The Morgan fingerprint density at radius 1 is 0.750 bits per heavy atom. The van der Waals surface area contributed by atoms with Gasteiger partial charge in [-0.05, 0) is 95.5 Å². The number of benzene rings is 2.